The van der Waals surface area contributed by atoms with Crippen molar-refractivity contribution < 1.29 is 31.2 Å². The lowest BCUT2D eigenvalue weighted by molar-refractivity contribution is -0.134. The van der Waals surface area contributed by atoms with Gasteiger partial charge in [0.1, 0.15) is 16.0 Å². The van der Waals surface area contributed by atoms with Crippen LogP contribution in [-0.2, 0) is 29.4 Å². The second-order valence-electron chi connectivity index (χ2n) is 8.58. The maximum atomic E-state index is 13.3. The molecule has 1 aromatic carbocycles. The molecular weight excluding hydrogens is 470 g/mol. The Hall–Kier alpha value is -2.99. The number of sulfonamides is 1. The molecule has 0 amide bonds. The Morgan fingerprint density at radius 2 is 1.94 bits per heavy atom. The number of nitrogens with one attached hydrogen (secondary N) is 1. The molecule has 182 valence electrons. The fourth-order valence-electron chi connectivity index (χ4n) is 4.62. The van der Waals surface area contributed by atoms with Crippen LogP contribution in [0.5, 0.6) is 11.6 Å². The topological polar surface area (TPSA) is 107 Å². The molecule has 2 aromatic heterocycles. The fourth-order valence-corrected chi connectivity index (χ4v) is 5.82. The lowest BCUT2D eigenvalue weighted by atomic mass is 9.91. The molecule has 34 heavy (non-hydrogen) atoms. The molecule has 1 fully saturated rings. The zero-order chi connectivity index (χ0) is 24.1. The van der Waals surface area contributed by atoms with Gasteiger partial charge in [0.05, 0.1) is 33.0 Å². The van der Waals surface area contributed by atoms with E-state index < -0.39 is 15.9 Å². The van der Waals surface area contributed by atoms with Gasteiger partial charge in [-0.2, -0.15) is 0 Å². The Morgan fingerprint density at radius 1 is 1.18 bits per heavy atom. The predicted molar refractivity (Wildman–Crippen MR) is 119 cm³/mol. The zero-order valence-corrected chi connectivity index (χ0v) is 19.5. The third-order valence-corrected chi connectivity index (χ3v) is 7.50. The van der Waals surface area contributed by atoms with E-state index in [1.807, 2.05) is 6.07 Å². The molecule has 1 aliphatic carbocycles. The average Bonchev–Trinajstić information content (AvgIpc) is 3.18. The molecule has 1 aliphatic heterocycles. The van der Waals surface area contributed by atoms with Crippen LogP contribution in [0.4, 0.5) is 14.6 Å². The summed E-state index contributed by atoms with van der Waals surface area (Å²) in [5.74, 6) is -2.36. The van der Waals surface area contributed by atoms with E-state index in [0.29, 0.717) is 11.4 Å². The Kier molecular flexibility index (Phi) is 5.59. The number of fused-ring (bicyclic) bond motifs is 2. The number of aryl methyl sites for hydroxylation is 1. The molecule has 0 spiro atoms. The molecule has 9 nitrogen and oxygen atoms in total. The normalized spacial score (nSPS) is 17.8. The van der Waals surface area contributed by atoms with Crippen molar-refractivity contribution in [2.75, 3.05) is 32.0 Å². The quantitative estimate of drug-likeness (QED) is 0.533. The van der Waals surface area contributed by atoms with E-state index >= 15 is 0 Å². The van der Waals surface area contributed by atoms with E-state index in [9.17, 15) is 17.2 Å². The minimum absolute atomic E-state index is 0.00839. The molecule has 1 saturated heterocycles. The highest BCUT2D eigenvalue weighted by Gasteiger charge is 2.43. The number of ether oxygens (including phenoxy) is 2. The summed E-state index contributed by atoms with van der Waals surface area (Å²) in [7, 11) is -1.25. The molecule has 5 rings (SSSR count). The molecule has 1 N–H and O–H groups in total. The van der Waals surface area contributed by atoms with Crippen molar-refractivity contribution >= 4 is 26.8 Å². The number of hydrogen-bond acceptors (Lipinski definition) is 8. The van der Waals surface area contributed by atoms with Gasteiger partial charge in [-0.05, 0) is 42.9 Å². The van der Waals surface area contributed by atoms with Crippen molar-refractivity contribution in [1.29, 1.82) is 0 Å². The summed E-state index contributed by atoms with van der Waals surface area (Å²) in [4.78, 5) is 5.89. The van der Waals surface area contributed by atoms with Crippen LogP contribution in [0.3, 0.4) is 0 Å². The molecule has 12 heteroatoms. The van der Waals surface area contributed by atoms with E-state index in [1.165, 1.54) is 25.2 Å². The molecule has 3 aromatic rings. The summed E-state index contributed by atoms with van der Waals surface area (Å²) >= 11 is 0. The second kappa shape index (κ2) is 8.35. The first-order valence-corrected chi connectivity index (χ1v) is 12.3. The smallest absolute Gasteiger partial charge is 0.272 e. The maximum Gasteiger partial charge on any atom is 0.272 e. The lowest BCUT2D eigenvalue weighted by Gasteiger charge is -2.38. The first-order chi connectivity index (χ1) is 16.2. The van der Waals surface area contributed by atoms with Crippen molar-refractivity contribution in [2.45, 2.75) is 43.0 Å². The lowest BCUT2D eigenvalue weighted by Crippen LogP contribution is -2.55. The van der Waals surface area contributed by atoms with Crippen LogP contribution >= 0.6 is 0 Å². The molecule has 0 radical (unpaired) electrons. The predicted octanol–water partition coefficient (Wildman–Crippen LogP) is 3.37. The number of halogens is 2. The van der Waals surface area contributed by atoms with Crippen molar-refractivity contribution in [1.82, 2.24) is 15.0 Å². The van der Waals surface area contributed by atoms with Crippen molar-refractivity contribution in [3.05, 3.63) is 35.0 Å². The van der Waals surface area contributed by atoms with Gasteiger partial charge < -0.3 is 14.0 Å². The largest absolute Gasteiger partial charge is 0.495 e. The van der Waals surface area contributed by atoms with E-state index in [-0.39, 0.29) is 47.2 Å². The fraction of sp³-hybridized carbons (Fsp3) is 0.455. The minimum Gasteiger partial charge on any atom is -0.495 e. The molecule has 3 heterocycles. The summed E-state index contributed by atoms with van der Waals surface area (Å²) in [6.07, 6.45) is 3.65. The molecule has 0 saturated carbocycles. The average molecular weight is 495 g/mol. The van der Waals surface area contributed by atoms with Crippen LogP contribution in [-0.4, -0.2) is 56.7 Å². The maximum absolute atomic E-state index is 13.3. The van der Waals surface area contributed by atoms with Gasteiger partial charge in [0.2, 0.25) is 5.88 Å². The Labute approximate surface area is 195 Å². The first kappa shape index (κ1) is 22.8. The molecule has 2 aliphatic rings. The van der Waals surface area contributed by atoms with Gasteiger partial charge in [-0.3, -0.25) is 9.62 Å². The van der Waals surface area contributed by atoms with Crippen molar-refractivity contribution in [2.24, 2.45) is 0 Å². The number of alkyl halides is 2. The van der Waals surface area contributed by atoms with Gasteiger partial charge in [-0.15, -0.1) is 0 Å². The Morgan fingerprint density at radius 3 is 2.65 bits per heavy atom. The molecular formula is C22H24F2N4O5S. The molecule has 0 unspecified atom stereocenters. The van der Waals surface area contributed by atoms with Gasteiger partial charge in [-0.1, -0.05) is 11.2 Å². The van der Waals surface area contributed by atoms with E-state index in [2.05, 4.69) is 14.9 Å². The highest BCUT2D eigenvalue weighted by molar-refractivity contribution is 7.92. The van der Waals surface area contributed by atoms with Gasteiger partial charge in [0.15, 0.2) is 11.4 Å². The third-order valence-electron chi connectivity index (χ3n) is 6.13. The standard InChI is InChI=1S/C22H24F2N4O5S/c1-31-19-15-6-4-3-5-13(15)7-8-17(19)34(29,30)27-20-18-16(33-26-20)9-14(25-21(18)32-2)10-28-11-22(23,24)12-28/h7-9H,3-6,10-12H2,1-2H3,(H,26,27). The minimum atomic E-state index is -4.09. The number of nitrogens with zero attached hydrogens (tertiary/aromatic N) is 3. The molecule has 0 atom stereocenters. The van der Waals surface area contributed by atoms with Crippen molar-refractivity contribution in [3.63, 3.8) is 0 Å². The summed E-state index contributed by atoms with van der Waals surface area (Å²) in [5, 5.41) is 4.11. The molecule has 0 bridgehead atoms. The van der Waals surface area contributed by atoms with E-state index in [4.69, 9.17) is 14.0 Å². The number of rotatable bonds is 7. The number of methoxy groups -OCH3 is 2. The van der Waals surface area contributed by atoms with E-state index in [0.717, 1.165) is 36.8 Å². The van der Waals surface area contributed by atoms with E-state index in [1.54, 1.807) is 6.07 Å². The summed E-state index contributed by atoms with van der Waals surface area (Å²) in [6, 6.07) is 4.89. The third kappa shape index (κ3) is 4.05. The Balaban J connectivity index is 1.47. The first-order valence-electron chi connectivity index (χ1n) is 10.9. The van der Waals surface area contributed by atoms with Gasteiger partial charge in [0.25, 0.3) is 15.9 Å². The zero-order valence-electron chi connectivity index (χ0n) is 18.7. The van der Waals surface area contributed by atoms with Crippen molar-refractivity contribution in [3.8, 4) is 11.6 Å². The van der Waals surface area contributed by atoms with Gasteiger partial charge in [-0.25, -0.2) is 22.2 Å². The van der Waals surface area contributed by atoms with Gasteiger partial charge in [0, 0.05) is 12.6 Å². The summed E-state index contributed by atoms with van der Waals surface area (Å²) in [5.41, 5.74) is 2.67. The van der Waals surface area contributed by atoms with Crippen LogP contribution in [0.1, 0.15) is 29.7 Å². The van der Waals surface area contributed by atoms with Crippen LogP contribution in [0.25, 0.3) is 11.0 Å². The van der Waals surface area contributed by atoms with Crippen LogP contribution in [0.15, 0.2) is 27.6 Å². The number of anilines is 1. The highest BCUT2D eigenvalue weighted by atomic mass is 32.2. The Bertz CT molecular complexity index is 1350. The number of benzene rings is 1. The van der Waals surface area contributed by atoms with Crippen LogP contribution in [0, 0.1) is 0 Å². The highest BCUT2D eigenvalue weighted by Crippen LogP contribution is 2.38. The number of hydrogen-bond donors (Lipinski definition) is 1. The second-order valence-corrected chi connectivity index (χ2v) is 10.2. The summed E-state index contributed by atoms with van der Waals surface area (Å²) < 4.78 is 71.6. The number of pyridine rings is 1. The SMILES string of the molecule is COc1c(S(=O)(=O)Nc2noc3cc(CN4CC(F)(F)C4)nc(OC)c23)ccc2c1CCCC2. The van der Waals surface area contributed by atoms with Crippen LogP contribution in [0.2, 0.25) is 0 Å². The number of likely N-dealkylation sites (tertiary alicyclic amines) is 1. The summed E-state index contributed by atoms with van der Waals surface area (Å²) in [6.45, 7) is -0.520. The number of aromatic nitrogens is 2. The van der Waals surface area contributed by atoms with Crippen LogP contribution < -0.4 is 14.2 Å². The van der Waals surface area contributed by atoms with Gasteiger partial charge >= 0.3 is 0 Å². The monoisotopic (exact) mass is 494 g/mol.